The van der Waals surface area contributed by atoms with E-state index in [4.69, 9.17) is 5.73 Å². The summed E-state index contributed by atoms with van der Waals surface area (Å²) in [6, 6.07) is -0.613. The summed E-state index contributed by atoms with van der Waals surface area (Å²) in [5.41, 5.74) is 4.74. The Kier molecular flexibility index (Phi) is 2.85. The van der Waals surface area contributed by atoms with Crippen LogP contribution in [0.4, 0.5) is 5.82 Å². The summed E-state index contributed by atoms with van der Waals surface area (Å²) in [5.74, 6) is -0.404. The second kappa shape index (κ2) is 3.91. The van der Waals surface area contributed by atoms with Crippen molar-refractivity contribution in [2.24, 2.45) is 12.8 Å². The third-order valence-electron chi connectivity index (χ3n) is 1.80. The SMILES string of the molecule is CC(Nc1nccn(C)c1=O)C(N)=O. The molecular weight excluding hydrogens is 184 g/mol. The molecule has 0 saturated heterocycles. The molecule has 1 aromatic heterocycles. The fourth-order valence-electron chi connectivity index (χ4n) is 0.873. The van der Waals surface area contributed by atoms with E-state index in [2.05, 4.69) is 10.3 Å². The number of anilines is 1. The highest BCUT2D eigenvalue weighted by Crippen LogP contribution is 1.95. The number of nitrogens with two attached hydrogens (primary N) is 1. The minimum absolute atomic E-state index is 0.126. The Labute approximate surface area is 80.8 Å². The standard InChI is InChI=1S/C8H12N4O2/c1-5(6(9)13)11-7-8(14)12(2)4-3-10-7/h3-5H,1-2H3,(H2,9,13)(H,10,11). The summed E-state index contributed by atoms with van der Waals surface area (Å²) < 4.78 is 1.36. The summed E-state index contributed by atoms with van der Waals surface area (Å²) in [4.78, 5) is 25.9. The van der Waals surface area contributed by atoms with Gasteiger partial charge in [0.25, 0.3) is 5.56 Å². The maximum atomic E-state index is 11.4. The normalized spacial score (nSPS) is 12.1. The molecule has 1 unspecified atom stereocenters. The summed E-state index contributed by atoms with van der Waals surface area (Å²) in [6.07, 6.45) is 3.00. The Morgan fingerprint density at radius 3 is 2.93 bits per heavy atom. The topological polar surface area (TPSA) is 90.0 Å². The Morgan fingerprint density at radius 2 is 2.36 bits per heavy atom. The summed E-state index contributed by atoms with van der Waals surface area (Å²) >= 11 is 0. The van der Waals surface area contributed by atoms with Crippen molar-refractivity contribution in [2.45, 2.75) is 13.0 Å². The number of aryl methyl sites for hydroxylation is 1. The first-order valence-electron chi connectivity index (χ1n) is 4.10. The summed E-state index contributed by atoms with van der Waals surface area (Å²) in [6.45, 7) is 1.57. The van der Waals surface area contributed by atoms with E-state index in [1.165, 1.54) is 17.0 Å². The van der Waals surface area contributed by atoms with Gasteiger partial charge in [-0.3, -0.25) is 9.59 Å². The molecule has 0 aliphatic rings. The molecule has 0 aliphatic heterocycles. The Balaban J connectivity index is 2.93. The van der Waals surface area contributed by atoms with Crippen molar-refractivity contribution >= 4 is 11.7 Å². The predicted octanol–water partition coefficient (Wildman–Crippen LogP) is -0.934. The molecule has 1 amide bonds. The number of aromatic nitrogens is 2. The van der Waals surface area contributed by atoms with Crippen molar-refractivity contribution in [2.75, 3.05) is 5.32 Å². The molecule has 1 atom stereocenters. The van der Waals surface area contributed by atoms with Gasteiger partial charge < -0.3 is 15.6 Å². The van der Waals surface area contributed by atoms with Gasteiger partial charge in [0.05, 0.1) is 0 Å². The molecule has 0 fully saturated rings. The minimum atomic E-state index is -0.613. The van der Waals surface area contributed by atoms with Gasteiger partial charge in [0.15, 0.2) is 5.82 Å². The number of nitrogens with one attached hydrogen (secondary N) is 1. The van der Waals surface area contributed by atoms with Crippen LogP contribution in [0.1, 0.15) is 6.92 Å². The fourth-order valence-corrected chi connectivity index (χ4v) is 0.873. The molecular formula is C8H12N4O2. The molecule has 3 N–H and O–H groups in total. The molecule has 76 valence electrons. The van der Waals surface area contributed by atoms with Gasteiger partial charge in [-0.15, -0.1) is 0 Å². The van der Waals surface area contributed by atoms with Crippen molar-refractivity contribution in [1.29, 1.82) is 0 Å². The van der Waals surface area contributed by atoms with Crippen molar-refractivity contribution in [1.82, 2.24) is 9.55 Å². The molecule has 0 aliphatic carbocycles. The van der Waals surface area contributed by atoms with Crippen LogP contribution in [0.5, 0.6) is 0 Å². The van der Waals surface area contributed by atoms with Crippen LogP contribution in [0.25, 0.3) is 0 Å². The van der Waals surface area contributed by atoms with Gasteiger partial charge in [-0.25, -0.2) is 4.98 Å². The average Bonchev–Trinajstić information content (AvgIpc) is 2.12. The monoisotopic (exact) mass is 196 g/mol. The van der Waals surface area contributed by atoms with Crippen LogP contribution in [-0.4, -0.2) is 21.5 Å². The second-order valence-corrected chi connectivity index (χ2v) is 2.96. The smallest absolute Gasteiger partial charge is 0.293 e. The van der Waals surface area contributed by atoms with E-state index in [1.807, 2.05) is 0 Å². The summed E-state index contributed by atoms with van der Waals surface area (Å²) in [5, 5.41) is 2.63. The van der Waals surface area contributed by atoms with Crippen molar-refractivity contribution in [3.05, 3.63) is 22.7 Å². The largest absolute Gasteiger partial charge is 0.368 e. The van der Waals surface area contributed by atoms with E-state index >= 15 is 0 Å². The van der Waals surface area contributed by atoms with Gasteiger partial charge in [0.1, 0.15) is 6.04 Å². The highest BCUT2D eigenvalue weighted by molar-refractivity contribution is 5.82. The molecule has 6 nitrogen and oxygen atoms in total. The highest BCUT2D eigenvalue weighted by atomic mass is 16.1. The average molecular weight is 196 g/mol. The number of carbonyl (C=O) groups excluding carboxylic acids is 1. The number of primary amides is 1. The van der Waals surface area contributed by atoms with Crippen LogP contribution in [0.15, 0.2) is 17.2 Å². The number of amides is 1. The first-order valence-corrected chi connectivity index (χ1v) is 4.10. The van der Waals surface area contributed by atoms with E-state index in [0.29, 0.717) is 0 Å². The first-order chi connectivity index (χ1) is 6.52. The Morgan fingerprint density at radius 1 is 1.71 bits per heavy atom. The number of hydrogen-bond donors (Lipinski definition) is 2. The van der Waals surface area contributed by atoms with E-state index < -0.39 is 11.9 Å². The molecule has 6 heteroatoms. The second-order valence-electron chi connectivity index (χ2n) is 2.96. The number of carbonyl (C=O) groups is 1. The van der Waals surface area contributed by atoms with Gasteiger partial charge in [-0.05, 0) is 6.92 Å². The molecule has 0 bridgehead atoms. The number of hydrogen-bond acceptors (Lipinski definition) is 4. The van der Waals surface area contributed by atoms with Gasteiger partial charge in [0.2, 0.25) is 5.91 Å². The molecule has 0 radical (unpaired) electrons. The zero-order valence-electron chi connectivity index (χ0n) is 8.02. The lowest BCUT2D eigenvalue weighted by Gasteiger charge is -2.10. The Hall–Kier alpha value is -1.85. The molecule has 0 aromatic carbocycles. The summed E-state index contributed by atoms with van der Waals surface area (Å²) in [7, 11) is 1.60. The van der Waals surface area contributed by atoms with Gasteiger partial charge >= 0.3 is 0 Å². The first kappa shape index (κ1) is 10.2. The number of nitrogens with zero attached hydrogens (tertiary/aromatic N) is 2. The zero-order valence-corrected chi connectivity index (χ0v) is 8.02. The fraction of sp³-hybridized carbons (Fsp3) is 0.375. The molecule has 0 spiro atoms. The molecule has 1 rings (SSSR count). The van der Waals surface area contributed by atoms with Crippen molar-refractivity contribution in [3.8, 4) is 0 Å². The molecule has 14 heavy (non-hydrogen) atoms. The van der Waals surface area contributed by atoms with E-state index in [0.717, 1.165) is 0 Å². The van der Waals surface area contributed by atoms with E-state index in [-0.39, 0.29) is 11.4 Å². The lowest BCUT2D eigenvalue weighted by Crippen LogP contribution is -2.35. The van der Waals surface area contributed by atoms with Gasteiger partial charge in [-0.1, -0.05) is 0 Å². The van der Waals surface area contributed by atoms with Crippen molar-refractivity contribution < 1.29 is 4.79 Å². The van der Waals surface area contributed by atoms with Crippen LogP contribution >= 0.6 is 0 Å². The maximum Gasteiger partial charge on any atom is 0.293 e. The lowest BCUT2D eigenvalue weighted by atomic mass is 10.3. The quantitative estimate of drug-likeness (QED) is 0.653. The predicted molar refractivity (Wildman–Crippen MR) is 51.8 cm³/mol. The zero-order chi connectivity index (χ0) is 10.7. The van der Waals surface area contributed by atoms with E-state index in [9.17, 15) is 9.59 Å². The van der Waals surface area contributed by atoms with E-state index in [1.54, 1.807) is 14.0 Å². The van der Waals surface area contributed by atoms with Crippen LogP contribution < -0.4 is 16.6 Å². The van der Waals surface area contributed by atoms with Gasteiger partial charge in [-0.2, -0.15) is 0 Å². The lowest BCUT2D eigenvalue weighted by molar-refractivity contribution is -0.118. The molecule has 1 aromatic rings. The highest BCUT2D eigenvalue weighted by Gasteiger charge is 2.11. The van der Waals surface area contributed by atoms with Crippen LogP contribution in [0.3, 0.4) is 0 Å². The van der Waals surface area contributed by atoms with Crippen LogP contribution in [0.2, 0.25) is 0 Å². The third kappa shape index (κ3) is 2.09. The van der Waals surface area contributed by atoms with Crippen LogP contribution in [0, 0.1) is 0 Å². The molecule has 0 saturated carbocycles. The minimum Gasteiger partial charge on any atom is -0.368 e. The Bertz CT molecular complexity index is 399. The van der Waals surface area contributed by atoms with Crippen LogP contribution in [-0.2, 0) is 11.8 Å². The maximum absolute atomic E-state index is 11.4. The number of rotatable bonds is 3. The molecule has 1 heterocycles. The van der Waals surface area contributed by atoms with Gasteiger partial charge in [0, 0.05) is 19.4 Å². The third-order valence-corrected chi connectivity index (χ3v) is 1.80. The van der Waals surface area contributed by atoms with Crippen molar-refractivity contribution in [3.63, 3.8) is 0 Å².